The second kappa shape index (κ2) is 11.8. The van der Waals surface area contributed by atoms with Gasteiger partial charge in [-0.2, -0.15) is 5.26 Å². The van der Waals surface area contributed by atoms with Gasteiger partial charge in [-0.25, -0.2) is 0 Å². The van der Waals surface area contributed by atoms with Crippen molar-refractivity contribution < 1.29 is 23.9 Å². The van der Waals surface area contributed by atoms with Crippen molar-refractivity contribution in [3.8, 4) is 11.8 Å². The van der Waals surface area contributed by atoms with Crippen molar-refractivity contribution in [2.75, 3.05) is 26.0 Å². The van der Waals surface area contributed by atoms with Crippen LogP contribution in [0.25, 0.3) is 0 Å². The van der Waals surface area contributed by atoms with Gasteiger partial charge in [-0.1, -0.05) is 43.3 Å². The van der Waals surface area contributed by atoms with Crippen LogP contribution in [0.5, 0.6) is 5.75 Å². The summed E-state index contributed by atoms with van der Waals surface area (Å²) in [5, 5.41) is 15.8. The van der Waals surface area contributed by atoms with E-state index in [0.717, 1.165) is 11.8 Å². The van der Waals surface area contributed by atoms with E-state index in [1.807, 2.05) is 20.8 Å². The molecule has 8 nitrogen and oxygen atoms in total. The van der Waals surface area contributed by atoms with Crippen LogP contribution >= 0.6 is 23.4 Å². The van der Waals surface area contributed by atoms with Crippen LogP contribution in [0.15, 0.2) is 28.8 Å². The molecule has 1 heterocycles. The van der Waals surface area contributed by atoms with E-state index in [4.69, 9.17) is 21.1 Å². The lowest BCUT2D eigenvalue weighted by Gasteiger charge is -2.31. The van der Waals surface area contributed by atoms with Crippen molar-refractivity contribution in [2.24, 2.45) is 11.8 Å². The zero-order valence-corrected chi connectivity index (χ0v) is 19.9. The molecule has 10 heteroatoms. The summed E-state index contributed by atoms with van der Waals surface area (Å²) in [5.41, 5.74) is 0.643. The van der Waals surface area contributed by atoms with Gasteiger partial charge in [0, 0.05) is 12.5 Å². The number of nitrogens with zero attached hydrogens (tertiary/aromatic N) is 1. The second-order valence-corrected chi connectivity index (χ2v) is 8.82. The third-order valence-corrected chi connectivity index (χ3v) is 5.97. The average Bonchev–Trinajstić information content (AvgIpc) is 2.76. The maximum atomic E-state index is 12.8. The summed E-state index contributed by atoms with van der Waals surface area (Å²) in [5.74, 6) is -3.06. The van der Waals surface area contributed by atoms with Crippen LogP contribution in [0.2, 0.25) is 5.02 Å². The maximum Gasteiger partial charge on any atom is 0.319 e. The number of methoxy groups -OCH3 is 1. The zero-order valence-electron chi connectivity index (χ0n) is 18.4. The van der Waals surface area contributed by atoms with Crippen molar-refractivity contribution in [1.29, 1.82) is 5.26 Å². The number of carbonyl (C=O) groups is 3. The molecule has 0 fully saturated rings. The Balaban J connectivity index is 2.44. The minimum Gasteiger partial charge on any atom is -0.492 e. The van der Waals surface area contributed by atoms with E-state index in [9.17, 15) is 19.6 Å². The third-order valence-electron chi connectivity index (χ3n) is 4.65. The topological polar surface area (TPSA) is 118 Å². The van der Waals surface area contributed by atoms with Crippen LogP contribution in [0, 0.1) is 23.2 Å². The van der Waals surface area contributed by atoms with Gasteiger partial charge >= 0.3 is 5.97 Å². The standard InChI is InChI=1S/C22H26ClN3O5S/c1-5-31-16-7-6-13(8-15(16)23)18-14(9-24)21(26-20(28)19(18)22(29)30-4)32-11-17(27)25-10-12(2)3/h6-8,12,18-19H,5,10-11H2,1-4H3,(H,25,27)(H,26,28)/t18-,19-/m1/s1. The monoisotopic (exact) mass is 479 g/mol. The summed E-state index contributed by atoms with van der Waals surface area (Å²) in [6.45, 7) is 6.71. The Bertz CT molecular complexity index is 957. The van der Waals surface area contributed by atoms with Crippen molar-refractivity contribution in [3.63, 3.8) is 0 Å². The molecule has 2 atom stereocenters. The molecule has 32 heavy (non-hydrogen) atoms. The Morgan fingerprint density at radius 1 is 1.38 bits per heavy atom. The SMILES string of the molecule is CCOc1ccc([C@@H]2C(C#N)=C(SCC(=O)NCC(C)C)NC(=O)[C@@H]2C(=O)OC)cc1Cl. The van der Waals surface area contributed by atoms with Gasteiger partial charge in [0.25, 0.3) is 0 Å². The highest BCUT2D eigenvalue weighted by Crippen LogP contribution is 2.42. The fourth-order valence-corrected chi connectivity index (χ4v) is 4.29. The first kappa shape index (κ1) is 25.6. The summed E-state index contributed by atoms with van der Waals surface area (Å²) >= 11 is 7.35. The molecule has 2 rings (SSSR count). The largest absolute Gasteiger partial charge is 0.492 e. The normalized spacial score (nSPS) is 18.1. The number of amides is 2. The van der Waals surface area contributed by atoms with Crippen molar-refractivity contribution in [3.05, 3.63) is 39.4 Å². The number of benzene rings is 1. The number of allylic oxidation sites excluding steroid dienone is 1. The van der Waals surface area contributed by atoms with Gasteiger partial charge in [0.2, 0.25) is 11.8 Å². The zero-order chi connectivity index (χ0) is 23.8. The van der Waals surface area contributed by atoms with E-state index >= 15 is 0 Å². The van der Waals surface area contributed by atoms with Crippen molar-refractivity contribution in [1.82, 2.24) is 10.6 Å². The molecule has 172 valence electrons. The van der Waals surface area contributed by atoms with Crippen molar-refractivity contribution >= 4 is 41.1 Å². The first-order valence-electron chi connectivity index (χ1n) is 10.1. The molecule has 1 aromatic rings. The molecular formula is C22H26ClN3O5S. The van der Waals surface area contributed by atoms with E-state index < -0.39 is 23.7 Å². The molecule has 0 aliphatic carbocycles. The van der Waals surface area contributed by atoms with Crippen LogP contribution in [0.4, 0.5) is 0 Å². The molecule has 0 bridgehead atoms. The summed E-state index contributed by atoms with van der Waals surface area (Å²) in [7, 11) is 1.18. The van der Waals surface area contributed by atoms with Gasteiger partial charge in [0.05, 0.1) is 41.2 Å². The first-order valence-corrected chi connectivity index (χ1v) is 11.4. The molecule has 0 saturated heterocycles. The highest BCUT2D eigenvalue weighted by Gasteiger charge is 2.44. The maximum absolute atomic E-state index is 12.8. The highest BCUT2D eigenvalue weighted by molar-refractivity contribution is 8.03. The summed E-state index contributed by atoms with van der Waals surface area (Å²) in [6.07, 6.45) is 0. The molecule has 0 radical (unpaired) electrons. The lowest BCUT2D eigenvalue weighted by atomic mass is 9.78. The van der Waals surface area contributed by atoms with E-state index in [-0.39, 0.29) is 22.3 Å². The number of esters is 1. The van der Waals surface area contributed by atoms with E-state index in [2.05, 4.69) is 16.7 Å². The number of hydrogen-bond acceptors (Lipinski definition) is 7. The van der Waals surface area contributed by atoms with Gasteiger partial charge in [0.1, 0.15) is 11.7 Å². The Hall–Kier alpha value is -2.70. The fourth-order valence-electron chi connectivity index (χ4n) is 3.17. The number of ether oxygens (including phenoxy) is 2. The molecule has 0 unspecified atom stereocenters. The van der Waals surface area contributed by atoms with E-state index in [1.54, 1.807) is 18.2 Å². The Kier molecular flexibility index (Phi) is 9.42. The van der Waals surface area contributed by atoms with Gasteiger partial charge in [-0.05, 0) is 30.5 Å². The molecule has 2 amide bonds. The molecule has 1 aliphatic heterocycles. The van der Waals surface area contributed by atoms with Crippen LogP contribution < -0.4 is 15.4 Å². The fraction of sp³-hybridized carbons (Fsp3) is 0.455. The molecule has 1 aliphatic rings. The number of rotatable bonds is 9. The van der Waals surface area contributed by atoms with Crippen LogP contribution in [-0.4, -0.2) is 43.8 Å². The molecule has 0 spiro atoms. The predicted molar refractivity (Wildman–Crippen MR) is 122 cm³/mol. The van der Waals surface area contributed by atoms with Crippen LogP contribution in [0.3, 0.4) is 0 Å². The second-order valence-electron chi connectivity index (χ2n) is 7.43. The average molecular weight is 480 g/mol. The van der Waals surface area contributed by atoms with E-state index in [1.165, 1.54) is 7.11 Å². The number of halogens is 1. The summed E-state index contributed by atoms with van der Waals surface area (Å²) in [4.78, 5) is 37.4. The summed E-state index contributed by atoms with van der Waals surface area (Å²) in [6, 6.07) is 6.95. The number of nitrogens with one attached hydrogen (secondary N) is 2. The molecular weight excluding hydrogens is 454 g/mol. The van der Waals surface area contributed by atoms with E-state index in [0.29, 0.717) is 35.4 Å². The minimum absolute atomic E-state index is 0.00710. The lowest BCUT2D eigenvalue weighted by Crippen LogP contribution is -2.44. The van der Waals surface area contributed by atoms with Gasteiger partial charge in [-0.15, -0.1) is 0 Å². The Labute approximate surface area is 196 Å². The van der Waals surface area contributed by atoms with Crippen LogP contribution in [-0.2, 0) is 19.1 Å². The molecule has 2 N–H and O–H groups in total. The Morgan fingerprint density at radius 2 is 2.09 bits per heavy atom. The molecule has 0 aromatic heterocycles. The highest BCUT2D eigenvalue weighted by atomic mass is 35.5. The Morgan fingerprint density at radius 3 is 2.66 bits per heavy atom. The lowest BCUT2D eigenvalue weighted by molar-refractivity contribution is -0.150. The third kappa shape index (κ3) is 6.17. The van der Waals surface area contributed by atoms with Crippen molar-refractivity contribution in [2.45, 2.75) is 26.7 Å². The number of thioether (sulfide) groups is 1. The predicted octanol–water partition coefficient (Wildman–Crippen LogP) is 2.98. The number of nitriles is 1. The van der Waals surface area contributed by atoms with Crippen LogP contribution in [0.1, 0.15) is 32.3 Å². The first-order chi connectivity index (χ1) is 15.2. The van der Waals surface area contributed by atoms with Gasteiger partial charge in [0.15, 0.2) is 0 Å². The number of hydrogen-bond donors (Lipinski definition) is 2. The minimum atomic E-state index is -1.28. The smallest absolute Gasteiger partial charge is 0.319 e. The van der Waals surface area contributed by atoms with Gasteiger partial charge < -0.3 is 20.1 Å². The summed E-state index contributed by atoms with van der Waals surface area (Å²) < 4.78 is 10.3. The quantitative estimate of drug-likeness (QED) is 0.413. The molecule has 0 saturated carbocycles. The molecule has 1 aromatic carbocycles. The van der Waals surface area contributed by atoms with Gasteiger partial charge in [-0.3, -0.25) is 14.4 Å². The number of carbonyl (C=O) groups excluding carboxylic acids is 3.